The average Bonchev–Trinajstić information content (AvgIpc) is 2.28. The minimum atomic E-state index is -3.14. The van der Waals surface area contributed by atoms with E-state index in [0.717, 1.165) is 12.8 Å². The predicted octanol–water partition coefficient (Wildman–Crippen LogP) is -0.206. The van der Waals surface area contributed by atoms with Gasteiger partial charge in [0.25, 0.3) is 0 Å². The van der Waals surface area contributed by atoms with Gasteiger partial charge in [-0.3, -0.25) is 4.79 Å². The summed E-state index contributed by atoms with van der Waals surface area (Å²) >= 11 is 0. The first kappa shape index (κ1) is 12.4. The van der Waals surface area contributed by atoms with Crippen LogP contribution in [0.15, 0.2) is 0 Å². The lowest BCUT2D eigenvalue weighted by molar-refractivity contribution is -0.125. The number of carbonyl (C=O) groups is 1. The van der Waals surface area contributed by atoms with Crippen molar-refractivity contribution in [3.63, 3.8) is 0 Å². The Kier molecular flexibility index (Phi) is 4.10. The molecule has 0 saturated carbocycles. The largest absolute Gasteiger partial charge is 0.359 e. The summed E-state index contributed by atoms with van der Waals surface area (Å²) in [7, 11) is -1.56. The van der Waals surface area contributed by atoms with Crippen LogP contribution >= 0.6 is 0 Å². The van der Waals surface area contributed by atoms with Crippen molar-refractivity contribution >= 4 is 15.9 Å². The first-order chi connectivity index (χ1) is 7.01. The highest BCUT2D eigenvalue weighted by atomic mass is 32.2. The Bertz CT molecular complexity index is 326. The van der Waals surface area contributed by atoms with Crippen molar-refractivity contribution in [3.8, 4) is 0 Å². The molecule has 1 rings (SSSR count). The molecule has 1 atom stereocenters. The molecule has 1 N–H and O–H groups in total. The summed E-state index contributed by atoms with van der Waals surface area (Å²) in [6.07, 6.45) is 1.53. The van der Waals surface area contributed by atoms with Gasteiger partial charge in [-0.15, -0.1) is 0 Å². The molecule has 0 aromatic heterocycles. The molecule has 1 saturated heterocycles. The zero-order valence-electron chi connectivity index (χ0n) is 9.19. The van der Waals surface area contributed by atoms with Crippen molar-refractivity contribution in [2.45, 2.75) is 19.8 Å². The number of nitrogens with zero attached hydrogens (tertiary/aromatic N) is 1. The monoisotopic (exact) mass is 234 g/mol. The van der Waals surface area contributed by atoms with E-state index in [4.69, 9.17) is 0 Å². The minimum Gasteiger partial charge on any atom is -0.359 e. The van der Waals surface area contributed by atoms with Crippen LogP contribution in [0.1, 0.15) is 19.8 Å². The Morgan fingerprint density at radius 2 is 2.20 bits per heavy atom. The maximum atomic E-state index is 11.6. The highest BCUT2D eigenvalue weighted by Crippen LogP contribution is 2.19. The SMILES string of the molecule is CCS(=O)(=O)N1CCC[C@H](C(=O)NC)C1. The van der Waals surface area contributed by atoms with E-state index >= 15 is 0 Å². The van der Waals surface area contributed by atoms with Gasteiger partial charge >= 0.3 is 0 Å². The fourth-order valence-corrected chi connectivity index (χ4v) is 2.98. The summed E-state index contributed by atoms with van der Waals surface area (Å²) < 4.78 is 24.6. The van der Waals surface area contributed by atoms with Crippen LogP contribution in [0.4, 0.5) is 0 Å². The first-order valence-corrected chi connectivity index (χ1v) is 6.81. The van der Waals surface area contributed by atoms with Crippen molar-refractivity contribution in [2.75, 3.05) is 25.9 Å². The Morgan fingerprint density at radius 1 is 1.53 bits per heavy atom. The van der Waals surface area contributed by atoms with E-state index in [1.807, 2.05) is 0 Å². The molecule has 5 nitrogen and oxygen atoms in total. The minimum absolute atomic E-state index is 0.0639. The summed E-state index contributed by atoms with van der Waals surface area (Å²) in [6, 6.07) is 0. The number of nitrogens with one attached hydrogen (secondary N) is 1. The van der Waals surface area contributed by atoms with Crippen molar-refractivity contribution in [1.82, 2.24) is 9.62 Å². The second-order valence-electron chi connectivity index (χ2n) is 3.71. The van der Waals surface area contributed by atoms with Crippen LogP contribution in [0.2, 0.25) is 0 Å². The molecule has 0 spiro atoms. The van der Waals surface area contributed by atoms with Gasteiger partial charge in [0, 0.05) is 20.1 Å². The van der Waals surface area contributed by atoms with Gasteiger partial charge in [-0.1, -0.05) is 0 Å². The highest BCUT2D eigenvalue weighted by molar-refractivity contribution is 7.89. The van der Waals surface area contributed by atoms with Crippen LogP contribution in [-0.4, -0.2) is 44.5 Å². The smallest absolute Gasteiger partial charge is 0.224 e. The lowest BCUT2D eigenvalue weighted by Gasteiger charge is -2.30. The summed E-state index contributed by atoms with van der Waals surface area (Å²) in [6.45, 7) is 2.50. The quantitative estimate of drug-likeness (QED) is 0.735. The van der Waals surface area contributed by atoms with E-state index in [-0.39, 0.29) is 17.6 Å². The second kappa shape index (κ2) is 4.94. The molecule has 1 aliphatic heterocycles. The molecule has 1 amide bonds. The Morgan fingerprint density at radius 3 is 2.73 bits per heavy atom. The number of piperidine rings is 1. The number of amides is 1. The summed E-state index contributed by atoms with van der Waals surface area (Å²) in [5.74, 6) is -0.149. The molecular formula is C9H18N2O3S. The van der Waals surface area contributed by atoms with E-state index < -0.39 is 10.0 Å². The number of carbonyl (C=O) groups excluding carboxylic acids is 1. The van der Waals surface area contributed by atoms with Crippen LogP contribution in [0.25, 0.3) is 0 Å². The van der Waals surface area contributed by atoms with Gasteiger partial charge in [0.1, 0.15) is 0 Å². The number of rotatable bonds is 3. The van der Waals surface area contributed by atoms with Crippen LogP contribution in [0, 0.1) is 5.92 Å². The van der Waals surface area contributed by atoms with E-state index in [1.54, 1.807) is 14.0 Å². The van der Waals surface area contributed by atoms with Crippen LogP contribution < -0.4 is 5.32 Å². The number of sulfonamides is 1. The first-order valence-electron chi connectivity index (χ1n) is 5.20. The molecule has 15 heavy (non-hydrogen) atoms. The van der Waals surface area contributed by atoms with E-state index in [1.165, 1.54) is 4.31 Å². The standard InChI is InChI=1S/C9H18N2O3S/c1-3-15(13,14)11-6-4-5-8(7-11)9(12)10-2/h8H,3-7H2,1-2H3,(H,10,12)/t8-/m0/s1. The summed E-state index contributed by atoms with van der Waals surface area (Å²) in [4.78, 5) is 11.4. The van der Waals surface area contributed by atoms with Gasteiger partial charge in [-0.05, 0) is 19.8 Å². The highest BCUT2D eigenvalue weighted by Gasteiger charge is 2.30. The third-order valence-electron chi connectivity index (χ3n) is 2.76. The molecule has 88 valence electrons. The lowest BCUT2D eigenvalue weighted by atomic mass is 9.99. The van der Waals surface area contributed by atoms with Gasteiger partial charge < -0.3 is 5.32 Å². The zero-order valence-corrected chi connectivity index (χ0v) is 10.0. The maximum Gasteiger partial charge on any atom is 0.224 e. The van der Waals surface area contributed by atoms with Crippen LogP contribution in [0.5, 0.6) is 0 Å². The molecule has 1 aliphatic rings. The van der Waals surface area contributed by atoms with Gasteiger partial charge in [-0.25, -0.2) is 12.7 Å². The molecule has 0 aliphatic carbocycles. The number of hydrogen-bond acceptors (Lipinski definition) is 3. The van der Waals surface area contributed by atoms with Crippen molar-refractivity contribution in [2.24, 2.45) is 5.92 Å². The fraction of sp³-hybridized carbons (Fsp3) is 0.889. The molecule has 0 aromatic carbocycles. The summed E-state index contributed by atoms with van der Waals surface area (Å²) in [5.41, 5.74) is 0. The van der Waals surface area contributed by atoms with E-state index in [2.05, 4.69) is 5.32 Å². The molecule has 0 bridgehead atoms. The molecule has 6 heteroatoms. The normalized spacial score (nSPS) is 23.7. The van der Waals surface area contributed by atoms with Crippen molar-refractivity contribution in [1.29, 1.82) is 0 Å². The lowest BCUT2D eigenvalue weighted by Crippen LogP contribution is -2.45. The van der Waals surface area contributed by atoms with Gasteiger partial charge in [0.15, 0.2) is 0 Å². The fourth-order valence-electron chi connectivity index (χ4n) is 1.80. The maximum absolute atomic E-state index is 11.6. The van der Waals surface area contributed by atoms with Crippen molar-refractivity contribution < 1.29 is 13.2 Å². The van der Waals surface area contributed by atoms with Gasteiger partial charge in [-0.2, -0.15) is 0 Å². The molecule has 1 heterocycles. The van der Waals surface area contributed by atoms with E-state index in [0.29, 0.717) is 13.1 Å². The van der Waals surface area contributed by atoms with Crippen LogP contribution in [-0.2, 0) is 14.8 Å². The predicted molar refractivity (Wildman–Crippen MR) is 57.8 cm³/mol. The number of hydrogen-bond donors (Lipinski definition) is 1. The van der Waals surface area contributed by atoms with E-state index in [9.17, 15) is 13.2 Å². The molecule has 0 aromatic rings. The van der Waals surface area contributed by atoms with Gasteiger partial charge in [0.05, 0.1) is 11.7 Å². The van der Waals surface area contributed by atoms with Crippen LogP contribution in [0.3, 0.4) is 0 Å². The molecule has 1 fully saturated rings. The summed E-state index contributed by atoms with van der Waals surface area (Å²) in [5, 5.41) is 2.56. The van der Waals surface area contributed by atoms with Crippen molar-refractivity contribution in [3.05, 3.63) is 0 Å². The molecule has 0 unspecified atom stereocenters. The Labute approximate surface area is 90.9 Å². The third-order valence-corrected chi connectivity index (χ3v) is 4.61. The zero-order chi connectivity index (χ0) is 11.5. The third kappa shape index (κ3) is 2.92. The molecular weight excluding hydrogens is 216 g/mol. The second-order valence-corrected chi connectivity index (χ2v) is 5.97. The average molecular weight is 234 g/mol. The Hall–Kier alpha value is -0.620. The molecule has 0 radical (unpaired) electrons. The Balaban J connectivity index is 2.68. The topological polar surface area (TPSA) is 66.5 Å². The van der Waals surface area contributed by atoms with Gasteiger partial charge in [0.2, 0.25) is 15.9 Å².